The first-order valence-electron chi connectivity index (χ1n) is 6.54. The van der Waals surface area contributed by atoms with E-state index in [0.29, 0.717) is 0 Å². The van der Waals surface area contributed by atoms with Crippen LogP contribution in [0.4, 0.5) is 5.69 Å². The summed E-state index contributed by atoms with van der Waals surface area (Å²) in [6.45, 7) is 0. The number of thioether (sulfide) groups is 1. The van der Waals surface area contributed by atoms with Crippen LogP contribution in [0.5, 0.6) is 5.75 Å². The molecular formula is C14H17BrN2OS. The van der Waals surface area contributed by atoms with Gasteiger partial charge in [-0.05, 0) is 40.9 Å². The van der Waals surface area contributed by atoms with Gasteiger partial charge in [-0.25, -0.2) is 0 Å². The molecule has 0 atom stereocenters. The minimum absolute atomic E-state index is 0.221. The molecule has 2 aliphatic rings. The van der Waals surface area contributed by atoms with Crippen molar-refractivity contribution in [3.05, 3.63) is 22.7 Å². The van der Waals surface area contributed by atoms with E-state index < -0.39 is 0 Å². The lowest BCUT2D eigenvalue weighted by molar-refractivity contribution is 0.415. The van der Waals surface area contributed by atoms with Gasteiger partial charge in [-0.2, -0.15) is 0 Å². The number of hydrogen-bond acceptors (Lipinski definition) is 4. The number of nitrogens with one attached hydrogen (secondary N) is 1. The van der Waals surface area contributed by atoms with E-state index in [0.717, 1.165) is 26.8 Å². The number of methoxy groups -OCH3 is 1. The molecule has 1 N–H and O–H groups in total. The molecule has 1 saturated carbocycles. The number of aliphatic imine (C=N–C) groups is 1. The number of amidine groups is 1. The van der Waals surface area contributed by atoms with Crippen LogP contribution in [0.15, 0.2) is 27.7 Å². The van der Waals surface area contributed by atoms with Gasteiger partial charge in [0, 0.05) is 16.3 Å². The number of nitrogens with zero attached hydrogens (tertiary/aromatic N) is 1. The van der Waals surface area contributed by atoms with Gasteiger partial charge in [0.15, 0.2) is 5.17 Å². The molecule has 1 spiro atoms. The van der Waals surface area contributed by atoms with E-state index in [-0.39, 0.29) is 5.54 Å². The van der Waals surface area contributed by atoms with Crippen LogP contribution in [-0.2, 0) is 0 Å². The average Bonchev–Trinajstić information content (AvgIpc) is 3.03. The zero-order valence-corrected chi connectivity index (χ0v) is 13.3. The number of hydrogen-bond donors (Lipinski definition) is 1. The smallest absolute Gasteiger partial charge is 0.161 e. The Bertz CT molecular complexity index is 512. The maximum Gasteiger partial charge on any atom is 0.161 e. The number of ether oxygens (including phenoxy) is 1. The van der Waals surface area contributed by atoms with Crippen LogP contribution in [0.3, 0.4) is 0 Å². The molecule has 0 amide bonds. The quantitative estimate of drug-likeness (QED) is 0.871. The molecule has 3 nitrogen and oxygen atoms in total. The third kappa shape index (κ3) is 2.77. The van der Waals surface area contributed by atoms with E-state index in [1.807, 2.05) is 30.0 Å². The molecule has 5 heteroatoms. The summed E-state index contributed by atoms with van der Waals surface area (Å²) in [7, 11) is 1.68. The SMILES string of the molecule is COc1ccc(Br)c(NC2=NC3(CCCC3)CS2)c1. The molecule has 102 valence electrons. The zero-order chi connectivity index (χ0) is 13.3. The minimum Gasteiger partial charge on any atom is -0.497 e. The van der Waals surface area contributed by atoms with Crippen molar-refractivity contribution in [2.75, 3.05) is 18.2 Å². The van der Waals surface area contributed by atoms with E-state index in [4.69, 9.17) is 9.73 Å². The van der Waals surface area contributed by atoms with Crippen molar-refractivity contribution in [1.82, 2.24) is 0 Å². The Morgan fingerprint density at radius 3 is 2.89 bits per heavy atom. The summed E-state index contributed by atoms with van der Waals surface area (Å²) in [5.74, 6) is 1.97. The molecule has 1 aliphatic heterocycles. The van der Waals surface area contributed by atoms with Gasteiger partial charge in [-0.3, -0.25) is 4.99 Å². The Hall–Kier alpha value is -0.680. The van der Waals surface area contributed by atoms with Gasteiger partial charge in [-0.1, -0.05) is 24.6 Å². The van der Waals surface area contributed by atoms with Crippen molar-refractivity contribution >= 4 is 38.5 Å². The fourth-order valence-corrected chi connectivity index (χ4v) is 4.22. The second kappa shape index (κ2) is 5.37. The molecule has 1 aliphatic carbocycles. The molecule has 1 aromatic carbocycles. The molecule has 0 saturated heterocycles. The second-order valence-corrected chi connectivity index (χ2v) is 6.93. The van der Waals surface area contributed by atoms with Crippen LogP contribution in [0.1, 0.15) is 25.7 Å². The monoisotopic (exact) mass is 340 g/mol. The van der Waals surface area contributed by atoms with Gasteiger partial charge in [0.05, 0.1) is 18.3 Å². The molecule has 1 heterocycles. The normalized spacial score (nSPS) is 20.6. The van der Waals surface area contributed by atoms with E-state index in [1.54, 1.807) is 7.11 Å². The van der Waals surface area contributed by atoms with Crippen LogP contribution in [-0.4, -0.2) is 23.6 Å². The lowest BCUT2D eigenvalue weighted by atomic mass is 10.0. The molecule has 0 bridgehead atoms. The Labute approximate surface area is 126 Å². The summed E-state index contributed by atoms with van der Waals surface area (Å²) in [5.41, 5.74) is 1.24. The number of anilines is 1. The van der Waals surface area contributed by atoms with E-state index in [1.165, 1.54) is 25.7 Å². The molecule has 1 fully saturated rings. The van der Waals surface area contributed by atoms with Crippen LogP contribution >= 0.6 is 27.7 Å². The lowest BCUT2D eigenvalue weighted by Gasteiger charge is -2.16. The van der Waals surface area contributed by atoms with Gasteiger partial charge < -0.3 is 10.1 Å². The van der Waals surface area contributed by atoms with E-state index in [2.05, 4.69) is 21.2 Å². The van der Waals surface area contributed by atoms with Gasteiger partial charge in [0.2, 0.25) is 0 Å². The highest BCUT2D eigenvalue weighted by molar-refractivity contribution is 9.10. The van der Waals surface area contributed by atoms with Crippen molar-refractivity contribution in [3.8, 4) is 5.75 Å². The topological polar surface area (TPSA) is 33.6 Å². The molecule has 0 radical (unpaired) electrons. The fourth-order valence-electron chi connectivity index (χ4n) is 2.68. The Balaban J connectivity index is 1.78. The first-order valence-corrected chi connectivity index (χ1v) is 8.32. The van der Waals surface area contributed by atoms with Gasteiger partial charge in [-0.15, -0.1) is 0 Å². The third-order valence-corrected chi connectivity index (χ3v) is 5.61. The van der Waals surface area contributed by atoms with Gasteiger partial charge in [0.25, 0.3) is 0 Å². The Kier molecular flexibility index (Phi) is 3.76. The molecule has 19 heavy (non-hydrogen) atoms. The molecule has 0 aromatic heterocycles. The van der Waals surface area contributed by atoms with Gasteiger partial charge >= 0.3 is 0 Å². The summed E-state index contributed by atoms with van der Waals surface area (Å²) >= 11 is 5.39. The predicted octanol–water partition coefficient (Wildman–Crippen LogP) is 4.29. The number of halogens is 1. The number of rotatable bonds is 2. The van der Waals surface area contributed by atoms with Crippen LogP contribution in [0.2, 0.25) is 0 Å². The maximum atomic E-state index is 5.26. The van der Waals surface area contributed by atoms with Crippen LogP contribution in [0.25, 0.3) is 0 Å². The van der Waals surface area contributed by atoms with E-state index in [9.17, 15) is 0 Å². The highest BCUT2D eigenvalue weighted by Gasteiger charge is 2.38. The largest absolute Gasteiger partial charge is 0.497 e. The van der Waals surface area contributed by atoms with Crippen molar-refractivity contribution in [2.24, 2.45) is 4.99 Å². The minimum atomic E-state index is 0.221. The third-order valence-electron chi connectivity index (χ3n) is 3.77. The molecular weight excluding hydrogens is 324 g/mol. The summed E-state index contributed by atoms with van der Waals surface area (Å²) in [5, 5.41) is 4.46. The maximum absolute atomic E-state index is 5.26. The predicted molar refractivity (Wildman–Crippen MR) is 85.4 cm³/mol. The lowest BCUT2D eigenvalue weighted by Crippen LogP contribution is -2.21. The van der Waals surface area contributed by atoms with Crippen molar-refractivity contribution < 1.29 is 4.74 Å². The molecule has 3 rings (SSSR count). The standard InChI is InChI=1S/C14H17BrN2OS/c1-18-10-4-5-11(15)12(8-10)16-13-17-14(9-19-13)6-2-3-7-14/h4-5,8H,2-3,6-7,9H2,1H3,(H,16,17). The van der Waals surface area contributed by atoms with E-state index >= 15 is 0 Å². The van der Waals surface area contributed by atoms with Crippen LogP contribution < -0.4 is 10.1 Å². The Morgan fingerprint density at radius 1 is 1.37 bits per heavy atom. The van der Waals surface area contributed by atoms with Gasteiger partial charge in [0.1, 0.15) is 5.75 Å². The fraction of sp³-hybridized carbons (Fsp3) is 0.500. The summed E-state index contributed by atoms with van der Waals surface area (Å²) in [6, 6.07) is 5.93. The second-order valence-electron chi connectivity index (χ2n) is 5.11. The first kappa shape index (κ1) is 13.3. The average molecular weight is 341 g/mol. The van der Waals surface area contributed by atoms with Crippen LogP contribution in [0, 0.1) is 0 Å². The summed E-state index contributed by atoms with van der Waals surface area (Å²) in [6.07, 6.45) is 5.12. The van der Waals surface area contributed by atoms with Crippen molar-refractivity contribution in [1.29, 1.82) is 0 Å². The molecule has 0 unspecified atom stereocenters. The number of benzene rings is 1. The zero-order valence-electron chi connectivity index (χ0n) is 10.9. The Morgan fingerprint density at radius 2 is 2.16 bits per heavy atom. The van der Waals surface area contributed by atoms with Crippen molar-refractivity contribution in [3.63, 3.8) is 0 Å². The summed E-state index contributed by atoms with van der Waals surface area (Å²) < 4.78 is 6.29. The first-order chi connectivity index (χ1) is 9.21. The van der Waals surface area contributed by atoms with Crippen molar-refractivity contribution in [2.45, 2.75) is 31.2 Å². The highest BCUT2D eigenvalue weighted by Crippen LogP contribution is 2.41. The molecule has 1 aromatic rings. The highest BCUT2D eigenvalue weighted by atomic mass is 79.9. The summed E-state index contributed by atoms with van der Waals surface area (Å²) in [4.78, 5) is 4.92.